The molecule has 0 radical (unpaired) electrons. The number of fused-ring (bicyclic) bond motifs is 1. The van der Waals surface area contributed by atoms with Crippen LogP contribution in [0.3, 0.4) is 0 Å². The lowest BCUT2D eigenvalue weighted by Gasteiger charge is -2.38. The van der Waals surface area contributed by atoms with E-state index in [0.717, 1.165) is 51.0 Å². The van der Waals surface area contributed by atoms with E-state index in [9.17, 15) is 9.30 Å². The maximum absolute atomic E-state index is 13.1. The molecule has 2 aromatic rings. The Morgan fingerprint density at radius 3 is 2.45 bits per heavy atom. The van der Waals surface area contributed by atoms with E-state index in [1.807, 2.05) is 18.2 Å². The summed E-state index contributed by atoms with van der Waals surface area (Å²) < 4.78 is 13.1. The van der Waals surface area contributed by atoms with E-state index in [-0.39, 0.29) is 17.8 Å². The molecular weight excluding hydrogens is 365 g/mol. The Kier molecular flexibility index (Phi) is 5.68. The van der Waals surface area contributed by atoms with Gasteiger partial charge in [-0.15, -0.1) is 0 Å². The predicted octanol–water partition coefficient (Wildman–Crippen LogP) is 4.90. The van der Waals surface area contributed by atoms with Crippen LogP contribution in [0.4, 0.5) is 10.1 Å². The monoisotopic (exact) mass is 395 g/mol. The molecule has 4 rings (SSSR count). The smallest absolute Gasteiger partial charge is 0.123 e. The number of rotatable bonds is 6. The van der Waals surface area contributed by atoms with Gasteiger partial charge >= 0.3 is 0 Å². The van der Waals surface area contributed by atoms with Gasteiger partial charge in [0.15, 0.2) is 0 Å². The van der Waals surface area contributed by atoms with E-state index in [1.54, 1.807) is 12.1 Å². The lowest BCUT2D eigenvalue weighted by Crippen LogP contribution is -2.46. The molecule has 4 nitrogen and oxygen atoms in total. The summed E-state index contributed by atoms with van der Waals surface area (Å²) in [7, 11) is 0. The fraction of sp³-hybridized carbons (Fsp3) is 0.500. The van der Waals surface area contributed by atoms with Crippen LogP contribution in [0.15, 0.2) is 47.6 Å². The van der Waals surface area contributed by atoms with Crippen molar-refractivity contribution in [2.24, 2.45) is 5.18 Å². The maximum atomic E-state index is 13.1. The molecule has 2 aromatic carbocycles. The van der Waals surface area contributed by atoms with Gasteiger partial charge in [-0.2, -0.15) is 4.91 Å². The van der Waals surface area contributed by atoms with Gasteiger partial charge in [-0.05, 0) is 54.2 Å². The number of nitrogens with zero attached hydrogens (tertiary/aromatic N) is 3. The Balaban J connectivity index is 1.38. The zero-order valence-electron chi connectivity index (χ0n) is 17.4. The molecule has 1 fully saturated rings. The first-order valence-corrected chi connectivity index (χ1v) is 10.6. The van der Waals surface area contributed by atoms with Gasteiger partial charge in [0.1, 0.15) is 12.4 Å². The van der Waals surface area contributed by atoms with Crippen LogP contribution < -0.4 is 4.90 Å². The minimum absolute atomic E-state index is 0.127. The zero-order chi connectivity index (χ0) is 20.4. The molecule has 2 heterocycles. The molecule has 2 aliphatic heterocycles. The summed E-state index contributed by atoms with van der Waals surface area (Å²) in [4.78, 5) is 15.8. The molecule has 2 aliphatic rings. The minimum atomic E-state index is -0.171. The predicted molar refractivity (Wildman–Crippen MR) is 116 cm³/mol. The number of benzene rings is 2. The average molecular weight is 396 g/mol. The molecule has 0 aliphatic carbocycles. The van der Waals surface area contributed by atoms with Crippen LogP contribution in [0.5, 0.6) is 0 Å². The topological polar surface area (TPSA) is 35.9 Å². The standard InChI is InChI=1S/C24H30FN3O/c1-24(2)17-28(23-15-19(16-26-29)5-8-22(23)24)21-10-13-27(14-11-21)12-9-18-3-6-20(25)7-4-18/h3-8,15,21H,9-14,16-17H2,1-2H3. The van der Waals surface area contributed by atoms with Crippen molar-refractivity contribution in [1.29, 1.82) is 0 Å². The van der Waals surface area contributed by atoms with Crippen molar-refractivity contribution in [3.63, 3.8) is 0 Å². The number of hydrogen-bond acceptors (Lipinski definition) is 4. The number of anilines is 1. The van der Waals surface area contributed by atoms with Crippen molar-refractivity contribution in [3.05, 3.63) is 69.9 Å². The Labute approximate surface area is 172 Å². The molecule has 0 aromatic heterocycles. The molecule has 0 saturated carbocycles. The maximum Gasteiger partial charge on any atom is 0.123 e. The van der Waals surface area contributed by atoms with Crippen LogP contribution in [-0.4, -0.2) is 37.1 Å². The lowest BCUT2D eigenvalue weighted by atomic mass is 9.86. The fourth-order valence-electron chi connectivity index (χ4n) is 4.87. The summed E-state index contributed by atoms with van der Waals surface area (Å²) in [6.07, 6.45) is 3.26. The van der Waals surface area contributed by atoms with E-state index in [4.69, 9.17) is 0 Å². The normalized spacial score (nSPS) is 19.3. The Morgan fingerprint density at radius 2 is 1.76 bits per heavy atom. The van der Waals surface area contributed by atoms with Crippen molar-refractivity contribution in [2.75, 3.05) is 31.1 Å². The SMILES string of the molecule is CC1(C)CN(C2CCN(CCc3ccc(F)cc3)CC2)c2cc(CN=O)ccc21. The van der Waals surface area contributed by atoms with Gasteiger partial charge in [-0.3, -0.25) is 0 Å². The molecule has 5 heteroatoms. The first-order valence-electron chi connectivity index (χ1n) is 10.6. The summed E-state index contributed by atoms with van der Waals surface area (Å²) in [5.74, 6) is -0.171. The van der Waals surface area contributed by atoms with Gasteiger partial charge in [0.25, 0.3) is 0 Å². The van der Waals surface area contributed by atoms with Crippen LogP contribution >= 0.6 is 0 Å². The summed E-state index contributed by atoms with van der Waals surface area (Å²) in [5.41, 5.74) is 4.99. The highest BCUT2D eigenvalue weighted by molar-refractivity contribution is 5.64. The van der Waals surface area contributed by atoms with Gasteiger partial charge in [0.05, 0.1) is 0 Å². The highest BCUT2D eigenvalue weighted by Crippen LogP contribution is 2.43. The molecule has 1 saturated heterocycles. The number of hydrogen-bond donors (Lipinski definition) is 0. The molecule has 0 N–H and O–H groups in total. The van der Waals surface area contributed by atoms with E-state index >= 15 is 0 Å². The van der Waals surface area contributed by atoms with Gasteiger partial charge in [-0.1, -0.05) is 43.3 Å². The largest absolute Gasteiger partial charge is 0.367 e. The van der Waals surface area contributed by atoms with Crippen molar-refractivity contribution < 1.29 is 4.39 Å². The Morgan fingerprint density at radius 1 is 1.07 bits per heavy atom. The number of piperidine rings is 1. The second kappa shape index (κ2) is 8.23. The van der Waals surface area contributed by atoms with Crippen LogP contribution in [0.1, 0.15) is 43.4 Å². The Hall–Kier alpha value is -2.27. The van der Waals surface area contributed by atoms with Crippen LogP contribution in [-0.2, 0) is 18.4 Å². The van der Waals surface area contributed by atoms with Crippen molar-refractivity contribution in [2.45, 2.75) is 51.1 Å². The molecule has 0 unspecified atom stereocenters. The van der Waals surface area contributed by atoms with E-state index in [0.29, 0.717) is 6.04 Å². The molecule has 154 valence electrons. The number of likely N-dealkylation sites (tertiary alicyclic amines) is 1. The third-order valence-corrected chi connectivity index (χ3v) is 6.54. The first kappa shape index (κ1) is 20.0. The minimum Gasteiger partial charge on any atom is -0.367 e. The second-order valence-electron chi connectivity index (χ2n) is 9.10. The van der Waals surface area contributed by atoms with Crippen LogP contribution in [0.2, 0.25) is 0 Å². The van der Waals surface area contributed by atoms with Crippen molar-refractivity contribution in [1.82, 2.24) is 4.90 Å². The molecule has 0 bridgehead atoms. The number of halogens is 1. The summed E-state index contributed by atoms with van der Waals surface area (Å²) in [5, 5.41) is 3.07. The summed E-state index contributed by atoms with van der Waals surface area (Å²) >= 11 is 0. The summed E-state index contributed by atoms with van der Waals surface area (Å²) in [6.45, 7) is 9.09. The van der Waals surface area contributed by atoms with Crippen LogP contribution in [0, 0.1) is 10.7 Å². The fourth-order valence-corrected chi connectivity index (χ4v) is 4.87. The van der Waals surface area contributed by atoms with Gasteiger partial charge in [0.2, 0.25) is 0 Å². The molecule has 0 atom stereocenters. The van der Waals surface area contributed by atoms with E-state index < -0.39 is 0 Å². The quantitative estimate of drug-likeness (QED) is 0.653. The highest BCUT2D eigenvalue weighted by Gasteiger charge is 2.39. The second-order valence-corrected chi connectivity index (χ2v) is 9.10. The van der Waals surface area contributed by atoms with Crippen molar-refractivity contribution >= 4 is 5.69 Å². The molecule has 0 spiro atoms. The zero-order valence-corrected chi connectivity index (χ0v) is 17.4. The molecule has 29 heavy (non-hydrogen) atoms. The summed E-state index contributed by atoms with van der Waals surface area (Å²) in [6, 6.07) is 13.8. The third kappa shape index (κ3) is 4.35. The average Bonchev–Trinajstić information content (AvgIpc) is 2.99. The molecule has 0 amide bonds. The molecular formula is C24H30FN3O. The third-order valence-electron chi connectivity index (χ3n) is 6.54. The highest BCUT2D eigenvalue weighted by atomic mass is 19.1. The van der Waals surface area contributed by atoms with Crippen LogP contribution in [0.25, 0.3) is 0 Å². The van der Waals surface area contributed by atoms with E-state index in [1.165, 1.54) is 16.8 Å². The van der Waals surface area contributed by atoms with Gasteiger partial charge < -0.3 is 9.80 Å². The van der Waals surface area contributed by atoms with Crippen molar-refractivity contribution in [3.8, 4) is 0 Å². The number of nitroso groups, excluding NO2 is 1. The Bertz CT molecular complexity index is 857. The van der Waals surface area contributed by atoms with Gasteiger partial charge in [-0.25, -0.2) is 4.39 Å². The lowest BCUT2D eigenvalue weighted by molar-refractivity contribution is 0.210. The first-order chi connectivity index (χ1) is 14.0. The van der Waals surface area contributed by atoms with Gasteiger partial charge in [0, 0.05) is 43.3 Å². The van der Waals surface area contributed by atoms with E-state index in [2.05, 4.69) is 41.0 Å².